The zero-order valence-electron chi connectivity index (χ0n) is 10.5. The maximum atomic E-state index is 13.0. The molecular formula is C13H16F2N2O2. The third kappa shape index (κ3) is 3.97. The molecule has 1 aliphatic rings. The standard InChI is InChI=1S/C13H16F2N2O2/c14-11-2-1-10(9-12(11)15)13(18)16-3-4-17-5-7-19-8-6-17/h1-2,9H,3-8H2,(H,16,18). The van der Waals surface area contributed by atoms with E-state index in [1.54, 1.807) is 0 Å². The highest BCUT2D eigenvalue weighted by Crippen LogP contribution is 2.08. The Kier molecular flexibility index (Phi) is 4.81. The van der Waals surface area contributed by atoms with E-state index in [9.17, 15) is 13.6 Å². The highest BCUT2D eigenvalue weighted by atomic mass is 19.2. The number of benzene rings is 1. The molecular weight excluding hydrogens is 254 g/mol. The topological polar surface area (TPSA) is 41.6 Å². The van der Waals surface area contributed by atoms with Crippen LogP contribution in [0.15, 0.2) is 18.2 Å². The van der Waals surface area contributed by atoms with E-state index in [2.05, 4.69) is 10.2 Å². The van der Waals surface area contributed by atoms with Crippen molar-refractivity contribution in [2.75, 3.05) is 39.4 Å². The van der Waals surface area contributed by atoms with Crippen LogP contribution >= 0.6 is 0 Å². The predicted molar refractivity (Wildman–Crippen MR) is 66.0 cm³/mol. The molecule has 1 aliphatic heterocycles. The number of hydrogen-bond donors (Lipinski definition) is 1. The molecule has 1 aromatic rings. The number of carbonyl (C=O) groups is 1. The zero-order chi connectivity index (χ0) is 13.7. The average Bonchev–Trinajstić information content (AvgIpc) is 2.43. The van der Waals surface area contributed by atoms with Gasteiger partial charge in [0.15, 0.2) is 11.6 Å². The highest BCUT2D eigenvalue weighted by Gasteiger charge is 2.12. The van der Waals surface area contributed by atoms with Gasteiger partial charge < -0.3 is 10.1 Å². The Morgan fingerprint density at radius 2 is 2.00 bits per heavy atom. The van der Waals surface area contributed by atoms with Crippen LogP contribution in [-0.4, -0.2) is 50.2 Å². The summed E-state index contributed by atoms with van der Waals surface area (Å²) in [4.78, 5) is 13.9. The summed E-state index contributed by atoms with van der Waals surface area (Å²) in [6, 6.07) is 3.12. The quantitative estimate of drug-likeness (QED) is 0.888. The maximum absolute atomic E-state index is 13.0. The first-order valence-corrected chi connectivity index (χ1v) is 6.20. The summed E-state index contributed by atoms with van der Waals surface area (Å²) in [6.45, 7) is 4.30. The van der Waals surface area contributed by atoms with E-state index < -0.39 is 17.5 Å². The van der Waals surface area contributed by atoms with E-state index in [0.29, 0.717) is 19.8 Å². The van der Waals surface area contributed by atoms with Gasteiger partial charge in [-0.3, -0.25) is 9.69 Å². The van der Waals surface area contributed by atoms with Crippen LogP contribution in [0.25, 0.3) is 0 Å². The Balaban J connectivity index is 1.78. The summed E-state index contributed by atoms with van der Waals surface area (Å²) >= 11 is 0. The molecule has 1 N–H and O–H groups in total. The number of carbonyl (C=O) groups excluding carboxylic acids is 1. The van der Waals surface area contributed by atoms with Gasteiger partial charge in [-0.15, -0.1) is 0 Å². The molecule has 1 fully saturated rings. The van der Waals surface area contributed by atoms with Gasteiger partial charge in [0.25, 0.3) is 5.91 Å². The molecule has 19 heavy (non-hydrogen) atoms. The van der Waals surface area contributed by atoms with Crippen LogP contribution in [0.2, 0.25) is 0 Å². The van der Waals surface area contributed by atoms with E-state index in [1.165, 1.54) is 6.07 Å². The number of hydrogen-bond acceptors (Lipinski definition) is 3. The lowest BCUT2D eigenvalue weighted by atomic mass is 10.2. The van der Waals surface area contributed by atoms with Crippen molar-refractivity contribution in [1.82, 2.24) is 10.2 Å². The van der Waals surface area contributed by atoms with E-state index in [4.69, 9.17) is 4.74 Å². The predicted octanol–water partition coefficient (Wildman–Crippen LogP) is 1.03. The molecule has 0 unspecified atom stereocenters. The fraction of sp³-hybridized carbons (Fsp3) is 0.462. The molecule has 0 saturated carbocycles. The summed E-state index contributed by atoms with van der Waals surface area (Å²) < 4.78 is 30.9. The zero-order valence-corrected chi connectivity index (χ0v) is 10.5. The number of halogens is 2. The van der Waals surface area contributed by atoms with E-state index in [0.717, 1.165) is 31.8 Å². The van der Waals surface area contributed by atoms with Gasteiger partial charge in [-0.2, -0.15) is 0 Å². The molecule has 2 rings (SSSR count). The van der Waals surface area contributed by atoms with Crippen molar-refractivity contribution in [3.05, 3.63) is 35.4 Å². The summed E-state index contributed by atoms with van der Waals surface area (Å²) in [5.41, 5.74) is 0.126. The molecule has 0 aliphatic carbocycles. The lowest BCUT2D eigenvalue weighted by molar-refractivity contribution is 0.0383. The molecule has 1 aromatic carbocycles. The van der Waals surface area contributed by atoms with E-state index in [-0.39, 0.29) is 5.56 Å². The van der Waals surface area contributed by atoms with Gasteiger partial charge in [-0.05, 0) is 18.2 Å². The van der Waals surface area contributed by atoms with Gasteiger partial charge in [0.2, 0.25) is 0 Å². The van der Waals surface area contributed by atoms with Crippen molar-refractivity contribution >= 4 is 5.91 Å². The first-order chi connectivity index (χ1) is 9.16. The van der Waals surface area contributed by atoms with Crippen LogP contribution in [0.5, 0.6) is 0 Å². The number of nitrogens with one attached hydrogen (secondary N) is 1. The molecule has 6 heteroatoms. The normalized spacial score (nSPS) is 16.3. The molecule has 0 atom stereocenters. The number of nitrogens with zero attached hydrogens (tertiary/aromatic N) is 1. The van der Waals surface area contributed by atoms with Gasteiger partial charge in [-0.25, -0.2) is 8.78 Å². The minimum atomic E-state index is -1.01. The number of rotatable bonds is 4. The van der Waals surface area contributed by atoms with Crippen LogP contribution in [0.1, 0.15) is 10.4 Å². The van der Waals surface area contributed by atoms with Gasteiger partial charge in [0.05, 0.1) is 13.2 Å². The largest absolute Gasteiger partial charge is 0.379 e. The third-order valence-electron chi connectivity index (χ3n) is 3.00. The Hall–Kier alpha value is -1.53. The van der Waals surface area contributed by atoms with Gasteiger partial charge >= 0.3 is 0 Å². The monoisotopic (exact) mass is 270 g/mol. The van der Waals surface area contributed by atoms with Crippen molar-refractivity contribution in [3.8, 4) is 0 Å². The fourth-order valence-electron chi connectivity index (χ4n) is 1.89. The van der Waals surface area contributed by atoms with Crippen LogP contribution in [-0.2, 0) is 4.74 Å². The molecule has 0 bridgehead atoms. The number of morpholine rings is 1. The van der Waals surface area contributed by atoms with Crippen LogP contribution in [0.4, 0.5) is 8.78 Å². The lowest BCUT2D eigenvalue weighted by Gasteiger charge is -2.26. The first kappa shape index (κ1) is 13.9. The Morgan fingerprint density at radius 3 is 2.68 bits per heavy atom. The SMILES string of the molecule is O=C(NCCN1CCOCC1)c1ccc(F)c(F)c1. The summed E-state index contributed by atoms with van der Waals surface area (Å²) in [6.07, 6.45) is 0. The lowest BCUT2D eigenvalue weighted by Crippen LogP contribution is -2.41. The Bertz CT molecular complexity index is 448. The molecule has 0 radical (unpaired) electrons. The summed E-state index contributed by atoms with van der Waals surface area (Å²) in [5, 5.41) is 2.68. The Labute approximate surface area is 110 Å². The van der Waals surface area contributed by atoms with E-state index >= 15 is 0 Å². The second-order valence-electron chi connectivity index (χ2n) is 4.34. The van der Waals surface area contributed by atoms with Crippen molar-refractivity contribution in [2.45, 2.75) is 0 Å². The fourth-order valence-corrected chi connectivity index (χ4v) is 1.89. The average molecular weight is 270 g/mol. The van der Waals surface area contributed by atoms with Gasteiger partial charge in [0, 0.05) is 31.7 Å². The number of amides is 1. The van der Waals surface area contributed by atoms with Gasteiger partial charge in [-0.1, -0.05) is 0 Å². The molecule has 0 spiro atoms. The maximum Gasteiger partial charge on any atom is 0.251 e. The first-order valence-electron chi connectivity index (χ1n) is 6.20. The number of ether oxygens (including phenoxy) is 1. The second-order valence-corrected chi connectivity index (χ2v) is 4.34. The molecule has 104 valence electrons. The third-order valence-corrected chi connectivity index (χ3v) is 3.00. The molecule has 1 amide bonds. The minimum absolute atomic E-state index is 0.126. The smallest absolute Gasteiger partial charge is 0.251 e. The van der Waals surface area contributed by atoms with Gasteiger partial charge in [0.1, 0.15) is 0 Å². The van der Waals surface area contributed by atoms with Crippen molar-refractivity contribution in [2.24, 2.45) is 0 Å². The highest BCUT2D eigenvalue weighted by molar-refractivity contribution is 5.94. The van der Waals surface area contributed by atoms with Crippen molar-refractivity contribution in [3.63, 3.8) is 0 Å². The van der Waals surface area contributed by atoms with E-state index in [1.807, 2.05) is 0 Å². The molecule has 4 nitrogen and oxygen atoms in total. The molecule has 1 heterocycles. The van der Waals surface area contributed by atoms with Crippen molar-refractivity contribution < 1.29 is 18.3 Å². The van der Waals surface area contributed by atoms with Crippen LogP contribution < -0.4 is 5.32 Å². The molecule has 0 aromatic heterocycles. The van der Waals surface area contributed by atoms with Crippen LogP contribution in [0, 0.1) is 11.6 Å². The van der Waals surface area contributed by atoms with Crippen molar-refractivity contribution in [1.29, 1.82) is 0 Å². The summed E-state index contributed by atoms with van der Waals surface area (Å²) in [7, 11) is 0. The summed E-state index contributed by atoms with van der Waals surface area (Å²) in [5.74, 6) is -2.36. The Morgan fingerprint density at radius 1 is 1.26 bits per heavy atom. The van der Waals surface area contributed by atoms with Crippen LogP contribution in [0.3, 0.4) is 0 Å². The molecule has 1 saturated heterocycles. The minimum Gasteiger partial charge on any atom is -0.379 e. The second kappa shape index (κ2) is 6.58.